The van der Waals surface area contributed by atoms with Gasteiger partial charge in [0.1, 0.15) is 0 Å². The van der Waals surface area contributed by atoms with E-state index in [1.807, 2.05) is 6.07 Å². The zero-order chi connectivity index (χ0) is 12.1. The van der Waals surface area contributed by atoms with Crippen LogP contribution in [0.5, 0.6) is 5.75 Å². The molecule has 2 heterocycles. The standard InChI is InChI=1S/C10H11N5O2/c1-17-8-9(12-6-13-10(8)16)11-5-7-3-2-4-14-15-7/h2-4,6H,5H2,1H3,(H2,11,12,13,16). The summed E-state index contributed by atoms with van der Waals surface area (Å²) in [4.78, 5) is 17.8. The van der Waals surface area contributed by atoms with Gasteiger partial charge in [0.2, 0.25) is 5.75 Å². The smallest absolute Gasteiger partial charge is 0.295 e. The number of methoxy groups -OCH3 is 1. The molecule has 17 heavy (non-hydrogen) atoms. The van der Waals surface area contributed by atoms with Gasteiger partial charge in [-0.1, -0.05) is 0 Å². The lowest BCUT2D eigenvalue weighted by molar-refractivity contribution is 0.408. The first-order chi connectivity index (χ1) is 8.31. The van der Waals surface area contributed by atoms with Gasteiger partial charge in [-0.15, -0.1) is 0 Å². The highest BCUT2D eigenvalue weighted by Crippen LogP contribution is 2.14. The third-order valence-corrected chi connectivity index (χ3v) is 2.08. The molecule has 0 aliphatic carbocycles. The Bertz CT molecular complexity index is 540. The normalized spacial score (nSPS) is 9.94. The van der Waals surface area contributed by atoms with Crippen molar-refractivity contribution in [3.8, 4) is 5.75 Å². The zero-order valence-electron chi connectivity index (χ0n) is 9.17. The van der Waals surface area contributed by atoms with Crippen molar-refractivity contribution in [2.24, 2.45) is 0 Å². The second-order valence-corrected chi connectivity index (χ2v) is 3.18. The van der Waals surface area contributed by atoms with Crippen LogP contribution in [0.15, 0.2) is 29.5 Å². The maximum absolute atomic E-state index is 11.4. The summed E-state index contributed by atoms with van der Waals surface area (Å²) >= 11 is 0. The highest BCUT2D eigenvalue weighted by molar-refractivity contribution is 5.47. The Morgan fingerprint density at radius 1 is 1.53 bits per heavy atom. The Morgan fingerprint density at radius 3 is 3.12 bits per heavy atom. The second-order valence-electron chi connectivity index (χ2n) is 3.18. The summed E-state index contributed by atoms with van der Waals surface area (Å²) in [5.41, 5.74) is 0.417. The number of nitrogens with one attached hydrogen (secondary N) is 2. The van der Waals surface area contributed by atoms with E-state index >= 15 is 0 Å². The van der Waals surface area contributed by atoms with Crippen LogP contribution in [0.25, 0.3) is 0 Å². The molecular formula is C10H11N5O2. The molecule has 0 saturated heterocycles. The van der Waals surface area contributed by atoms with E-state index in [-0.39, 0.29) is 11.3 Å². The van der Waals surface area contributed by atoms with Gasteiger partial charge in [0, 0.05) is 6.20 Å². The lowest BCUT2D eigenvalue weighted by Crippen LogP contribution is -2.14. The summed E-state index contributed by atoms with van der Waals surface area (Å²) in [6, 6.07) is 3.60. The summed E-state index contributed by atoms with van der Waals surface area (Å²) in [6.45, 7) is 0.417. The molecule has 0 aromatic carbocycles. The van der Waals surface area contributed by atoms with Crippen molar-refractivity contribution in [2.75, 3.05) is 12.4 Å². The van der Waals surface area contributed by atoms with Crippen molar-refractivity contribution in [2.45, 2.75) is 6.54 Å². The zero-order valence-corrected chi connectivity index (χ0v) is 9.17. The number of rotatable bonds is 4. The lowest BCUT2D eigenvalue weighted by atomic mass is 10.4. The molecule has 0 unspecified atom stereocenters. The Morgan fingerprint density at radius 2 is 2.41 bits per heavy atom. The van der Waals surface area contributed by atoms with Gasteiger partial charge in [-0.2, -0.15) is 10.2 Å². The molecule has 2 aromatic rings. The molecule has 0 radical (unpaired) electrons. The van der Waals surface area contributed by atoms with Crippen LogP contribution in [0.3, 0.4) is 0 Å². The monoisotopic (exact) mass is 233 g/mol. The van der Waals surface area contributed by atoms with E-state index in [4.69, 9.17) is 4.74 Å². The van der Waals surface area contributed by atoms with Crippen LogP contribution < -0.4 is 15.6 Å². The van der Waals surface area contributed by atoms with Crippen LogP contribution in [0.4, 0.5) is 5.82 Å². The van der Waals surface area contributed by atoms with Crippen LogP contribution in [0.1, 0.15) is 5.69 Å². The molecule has 0 fully saturated rings. The van der Waals surface area contributed by atoms with E-state index in [1.54, 1.807) is 12.3 Å². The van der Waals surface area contributed by atoms with Crippen LogP contribution in [0.2, 0.25) is 0 Å². The van der Waals surface area contributed by atoms with Gasteiger partial charge in [-0.05, 0) is 12.1 Å². The Balaban J connectivity index is 2.14. The largest absolute Gasteiger partial charge is 0.489 e. The van der Waals surface area contributed by atoms with Gasteiger partial charge >= 0.3 is 0 Å². The number of aromatic amines is 1. The second kappa shape index (κ2) is 5.06. The predicted octanol–water partition coefficient (Wildman–Crippen LogP) is 0.181. The predicted molar refractivity (Wildman–Crippen MR) is 60.8 cm³/mol. The van der Waals surface area contributed by atoms with Crippen molar-refractivity contribution >= 4 is 5.82 Å². The summed E-state index contributed by atoms with van der Waals surface area (Å²) in [5.74, 6) is 0.526. The Kier molecular flexibility index (Phi) is 3.29. The molecule has 0 bridgehead atoms. The molecule has 0 aliphatic rings. The first kappa shape index (κ1) is 11.1. The molecule has 0 amide bonds. The van der Waals surface area contributed by atoms with Gasteiger partial charge in [0.15, 0.2) is 5.82 Å². The molecule has 0 spiro atoms. The van der Waals surface area contributed by atoms with Gasteiger partial charge in [-0.3, -0.25) is 4.79 Å². The fourth-order valence-corrected chi connectivity index (χ4v) is 1.30. The number of ether oxygens (including phenoxy) is 1. The molecule has 0 saturated carbocycles. The van der Waals surface area contributed by atoms with E-state index in [1.165, 1.54) is 13.4 Å². The molecule has 7 nitrogen and oxygen atoms in total. The molecule has 2 rings (SSSR count). The summed E-state index contributed by atoms with van der Waals surface area (Å²) in [7, 11) is 1.42. The fraction of sp³-hybridized carbons (Fsp3) is 0.200. The van der Waals surface area contributed by atoms with Gasteiger partial charge in [0.25, 0.3) is 5.56 Å². The number of hydrogen-bond donors (Lipinski definition) is 2. The van der Waals surface area contributed by atoms with Crippen LogP contribution >= 0.6 is 0 Å². The molecule has 88 valence electrons. The highest BCUT2D eigenvalue weighted by atomic mass is 16.5. The van der Waals surface area contributed by atoms with Crippen molar-refractivity contribution in [1.29, 1.82) is 0 Å². The summed E-state index contributed by atoms with van der Waals surface area (Å²) in [6.07, 6.45) is 2.90. The highest BCUT2D eigenvalue weighted by Gasteiger charge is 2.08. The third-order valence-electron chi connectivity index (χ3n) is 2.08. The van der Waals surface area contributed by atoms with Crippen molar-refractivity contribution in [3.63, 3.8) is 0 Å². The fourth-order valence-electron chi connectivity index (χ4n) is 1.30. The molecule has 2 N–H and O–H groups in total. The van der Waals surface area contributed by atoms with Gasteiger partial charge in [0.05, 0.1) is 25.7 Å². The van der Waals surface area contributed by atoms with E-state index in [0.29, 0.717) is 12.4 Å². The van der Waals surface area contributed by atoms with Crippen LogP contribution in [-0.4, -0.2) is 27.3 Å². The quantitative estimate of drug-likeness (QED) is 0.782. The Labute approximate surface area is 96.9 Å². The maximum Gasteiger partial charge on any atom is 0.295 e. The number of aromatic nitrogens is 4. The summed E-state index contributed by atoms with van der Waals surface area (Å²) in [5, 5.41) is 10.6. The molecule has 7 heteroatoms. The van der Waals surface area contributed by atoms with Crippen LogP contribution in [-0.2, 0) is 6.54 Å². The van der Waals surface area contributed by atoms with Gasteiger partial charge < -0.3 is 15.0 Å². The average Bonchev–Trinajstić information content (AvgIpc) is 2.37. The summed E-state index contributed by atoms with van der Waals surface area (Å²) < 4.78 is 4.96. The number of hydrogen-bond acceptors (Lipinski definition) is 6. The van der Waals surface area contributed by atoms with Crippen molar-refractivity contribution < 1.29 is 4.74 Å². The first-order valence-electron chi connectivity index (χ1n) is 4.93. The van der Waals surface area contributed by atoms with Crippen molar-refractivity contribution in [3.05, 3.63) is 40.7 Å². The number of anilines is 1. The number of H-pyrrole nitrogens is 1. The maximum atomic E-state index is 11.4. The molecule has 2 aromatic heterocycles. The van der Waals surface area contributed by atoms with E-state index in [0.717, 1.165) is 5.69 Å². The first-order valence-corrected chi connectivity index (χ1v) is 4.93. The van der Waals surface area contributed by atoms with E-state index in [2.05, 4.69) is 25.5 Å². The minimum absolute atomic E-state index is 0.149. The minimum atomic E-state index is -0.329. The molecule has 0 aliphatic heterocycles. The van der Waals surface area contributed by atoms with Crippen LogP contribution in [0, 0.1) is 0 Å². The van der Waals surface area contributed by atoms with E-state index in [9.17, 15) is 4.79 Å². The lowest BCUT2D eigenvalue weighted by Gasteiger charge is -2.07. The average molecular weight is 233 g/mol. The molecular weight excluding hydrogens is 222 g/mol. The van der Waals surface area contributed by atoms with Gasteiger partial charge in [-0.25, -0.2) is 4.98 Å². The topological polar surface area (TPSA) is 92.8 Å². The third kappa shape index (κ3) is 2.57. The minimum Gasteiger partial charge on any atom is -0.489 e. The Hall–Kier alpha value is -2.44. The van der Waals surface area contributed by atoms with E-state index < -0.39 is 0 Å². The molecule has 0 atom stereocenters. The van der Waals surface area contributed by atoms with Crippen molar-refractivity contribution in [1.82, 2.24) is 20.2 Å². The number of nitrogens with zero attached hydrogens (tertiary/aromatic N) is 3. The SMILES string of the molecule is COc1c(NCc2cccnn2)nc[nH]c1=O.